The number of fused-ring (bicyclic) bond motifs is 1. The molecule has 0 N–H and O–H groups in total. The van der Waals surface area contributed by atoms with Crippen LogP contribution in [0.25, 0.3) is 22.2 Å². The van der Waals surface area contributed by atoms with Crippen LogP contribution >= 0.6 is 11.3 Å². The van der Waals surface area contributed by atoms with E-state index in [9.17, 15) is 0 Å². The monoisotopic (exact) mass is 549 g/mol. The molecule has 4 aromatic rings. The van der Waals surface area contributed by atoms with E-state index in [1.807, 2.05) is 33.9 Å². The third kappa shape index (κ3) is 6.84. The standard InChI is InChI=1S/C28H39N7OSSi/c1-5-6-13-34-19-23(18-30-34)22-16-25-24(29-17-22)11-12-26(31-25)32-28-35(20-36-14-15-38(2,3)4)33-27(37-28)21-9-7-8-10-21/h11-12,16-19,21H,5-10,13-15,20H2,1-4H3. The van der Waals surface area contributed by atoms with E-state index in [2.05, 4.69) is 48.9 Å². The largest absolute Gasteiger partial charge is 0.359 e. The molecule has 1 aliphatic carbocycles. The molecule has 0 atom stereocenters. The Bertz CT molecular complexity index is 1430. The average Bonchev–Trinajstić information content (AvgIpc) is 3.66. The molecule has 1 fully saturated rings. The highest BCUT2D eigenvalue weighted by molar-refractivity contribution is 7.08. The van der Waals surface area contributed by atoms with Crippen LogP contribution in [0.3, 0.4) is 0 Å². The summed E-state index contributed by atoms with van der Waals surface area (Å²) in [4.78, 5) is 15.3. The summed E-state index contributed by atoms with van der Waals surface area (Å²) in [6.45, 7) is 11.4. The lowest BCUT2D eigenvalue weighted by Crippen LogP contribution is -2.24. The maximum atomic E-state index is 6.06. The maximum Gasteiger partial charge on any atom is 0.211 e. The average molecular weight is 550 g/mol. The van der Waals surface area contributed by atoms with Gasteiger partial charge in [-0.05, 0) is 43.5 Å². The summed E-state index contributed by atoms with van der Waals surface area (Å²) in [5.41, 5.74) is 3.74. The quantitative estimate of drug-likeness (QED) is 0.153. The van der Waals surface area contributed by atoms with Crippen molar-refractivity contribution >= 4 is 36.3 Å². The lowest BCUT2D eigenvalue weighted by molar-refractivity contribution is 0.0757. The van der Waals surface area contributed by atoms with Gasteiger partial charge >= 0.3 is 0 Å². The van der Waals surface area contributed by atoms with Crippen LogP contribution in [0.5, 0.6) is 0 Å². The summed E-state index contributed by atoms with van der Waals surface area (Å²) >= 11 is 1.68. The number of ether oxygens (including phenoxy) is 1. The van der Waals surface area contributed by atoms with Gasteiger partial charge in [-0.3, -0.25) is 9.67 Å². The Morgan fingerprint density at radius 3 is 2.74 bits per heavy atom. The fourth-order valence-corrected chi connectivity index (χ4v) is 6.45. The van der Waals surface area contributed by atoms with Gasteiger partial charge in [-0.1, -0.05) is 57.2 Å². The van der Waals surface area contributed by atoms with Gasteiger partial charge < -0.3 is 4.74 Å². The molecule has 4 aromatic heterocycles. The van der Waals surface area contributed by atoms with Crippen molar-refractivity contribution in [2.45, 2.75) is 90.3 Å². The Labute approximate surface area is 229 Å². The van der Waals surface area contributed by atoms with Gasteiger partial charge in [0.1, 0.15) is 11.7 Å². The van der Waals surface area contributed by atoms with Crippen LogP contribution in [0, 0.1) is 0 Å². The fraction of sp³-hybridized carbons (Fsp3) is 0.536. The number of hydrogen-bond acceptors (Lipinski definition) is 7. The Morgan fingerprint density at radius 1 is 1.11 bits per heavy atom. The molecule has 4 heterocycles. The minimum atomic E-state index is -1.14. The van der Waals surface area contributed by atoms with Crippen molar-refractivity contribution in [2.24, 2.45) is 4.99 Å². The second-order valence-corrected chi connectivity index (χ2v) is 18.0. The number of pyridine rings is 2. The van der Waals surface area contributed by atoms with E-state index < -0.39 is 8.07 Å². The van der Waals surface area contributed by atoms with Gasteiger partial charge in [0, 0.05) is 50.7 Å². The fourth-order valence-electron chi connectivity index (χ4n) is 4.63. The van der Waals surface area contributed by atoms with Crippen molar-refractivity contribution < 1.29 is 4.74 Å². The molecular formula is C28H39N7OSSi. The normalized spacial score (nSPS) is 15.2. The number of rotatable bonds is 11. The zero-order valence-corrected chi connectivity index (χ0v) is 24.9. The first-order chi connectivity index (χ1) is 18.4. The molecule has 202 valence electrons. The van der Waals surface area contributed by atoms with Crippen LogP contribution in [-0.4, -0.2) is 44.2 Å². The van der Waals surface area contributed by atoms with Gasteiger partial charge in [-0.15, -0.1) is 0 Å². The number of hydrogen-bond donors (Lipinski definition) is 0. The predicted octanol–water partition coefficient (Wildman–Crippen LogP) is 6.75. The van der Waals surface area contributed by atoms with E-state index in [1.165, 1.54) is 30.7 Å². The van der Waals surface area contributed by atoms with Crippen LogP contribution < -0.4 is 4.80 Å². The summed E-state index contributed by atoms with van der Waals surface area (Å²) in [5, 5.41) is 10.6. The van der Waals surface area contributed by atoms with E-state index in [0.717, 1.165) is 59.0 Å². The first-order valence-electron chi connectivity index (χ1n) is 13.9. The number of aryl methyl sites for hydroxylation is 1. The Morgan fingerprint density at radius 2 is 1.95 bits per heavy atom. The lowest BCUT2D eigenvalue weighted by Gasteiger charge is -2.15. The first kappa shape index (κ1) is 26.9. The van der Waals surface area contributed by atoms with E-state index in [0.29, 0.717) is 18.5 Å². The summed E-state index contributed by atoms with van der Waals surface area (Å²) < 4.78 is 9.98. The van der Waals surface area contributed by atoms with Crippen molar-refractivity contribution in [2.75, 3.05) is 6.61 Å². The van der Waals surface area contributed by atoms with Crippen molar-refractivity contribution in [1.29, 1.82) is 0 Å². The second kappa shape index (κ2) is 12.0. The number of unbranched alkanes of at least 4 members (excludes halogenated alkanes) is 1. The molecule has 0 radical (unpaired) electrons. The molecule has 0 spiro atoms. The minimum Gasteiger partial charge on any atom is -0.359 e. The molecule has 10 heteroatoms. The molecule has 0 amide bonds. The first-order valence-corrected chi connectivity index (χ1v) is 18.4. The lowest BCUT2D eigenvalue weighted by atomic mass is 10.1. The van der Waals surface area contributed by atoms with E-state index in [-0.39, 0.29) is 0 Å². The van der Waals surface area contributed by atoms with Crippen LogP contribution in [0.15, 0.2) is 41.8 Å². The Hall–Kier alpha value is -2.69. The molecule has 5 rings (SSSR count). The molecule has 0 bridgehead atoms. The third-order valence-corrected chi connectivity index (χ3v) is 9.80. The number of aromatic nitrogens is 6. The molecule has 1 aliphatic rings. The Kier molecular flexibility index (Phi) is 8.50. The zero-order valence-electron chi connectivity index (χ0n) is 23.1. The van der Waals surface area contributed by atoms with Crippen molar-refractivity contribution in [1.82, 2.24) is 29.5 Å². The maximum absolute atomic E-state index is 6.06. The highest BCUT2D eigenvalue weighted by atomic mass is 32.1. The van der Waals surface area contributed by atoms with Gasteiger partial charge in [-0.2, -0.15) is 15.2 Å². The highest BCUT2D eigenvalue weighted by Crippen LogP contribution is 2.34. The van der Waals surface area contributed by atoms with Crippen molar-refractivity contribution in [3.63, 3.8) is 0 Å². The molecule has 0 saturated heterocycles. The summed E-state index contributed by atoms with van der Waals surface area (Å²) in [5.74, 6) is 1.19. The molecular weight excluding hydrogens is 511 g/mol. The smallest absolute Gasteiger partial charge is 0.211 e. The zero-order chi connectivity index (χ0) is 26.5. The SMILES string of the molecule is CCCCn1cc(-c2cnc3ccc(N=c4sc(C5CCCC5)nn4COCC[Si](C)(C)C)nc3c2)cn1. The second-order valence-electron chi connectivity index (χ2n) is 11.4. The van der Waals surface area contributed by atoms with Crippen molar-refractivity contribution in [3.05, 3.63) is 46.6 Å². The van der Waals surface area contributed by atoms with Gasteiger partial charge in [0.05, 0.1) is 17.2 Å². The van der Waals surface area contributed by atoms with Crippen LogP contribution in [0.4, 0.5) is 5.82 Å². The molecule has 0 aliphatic heterocycles. The van der Waals surface area contributed by atoms with Gasteiger partial charge in [-0.25, -0.2) is 9.67 Å². The summed E-state index contributed by atoms with van der Waals surface area (Å²) in [7, 11) is -1.14. The molecule has 38 heavy (non-hydrogen) atoms. The van der Waals surface area contributed by atoms with Crippen LogP contribution in [-0.2, 0) is 18.0 Å². The molecule has 1 saturated carbocycles. The third-order valence-electron chi connectivity index (χ3n) is 6.99. The molecule has 8 nitrogen and oxygen atoms in total. The Balaban J connectivity index is 1.42. The summed E-state index contributed by atoms with van der Waals surface area (Å²) in [6, 6.07) is 7.14. The topological polar surface area (TPSA) is 83.0 Å². The van der Waals surface area contributed by atoms with Crippen molar-refractivity contribution in [3.8, 4) is 11.1 Å². The molecule has 0 unspecified atom stereocenters. The van der Waals surface area contributed by atoms with E-state index >= 15 is 0 Å². The van der Waals surface area contributed by atoms with Crippen LogP contribution in [0.1, 0.15) is 56.4 Å². The predicted molar refractivity (Wildman–Crippen MR) is 156 cm³/mol. The van der Waals surface area contributed by atoms with Crippen LogP contribution in [0.2, 0.25) is 25.7 Å². The van der Waals surface area contributed by atoms with Gasteiger partial charge in [0.2, 0.25) is 4.80 Å². The highest BCUT2D eigenvalue weighted by Gasteiger charge is 2.22. The minimum absolute atomic E-state index is 0.424. The number of nitrogens with zero attached hydrogens (tertiary/aromatic N) is 7. The van der Waals surface area contributed by atoms with E-state index in [4.69, 9.17) is 19.8 Å². The van der Waals surface area contributed by atoms with Gasteiger partial charge in [0.25, 0.3) is 0 Å². The molecule has 0 aromatic carbocycles. The van der Waals surface area contributed by atoms with E-state index in [1.54, 1.807) is 11.3 Å². The van der Waals surface area contributed by atoms with Gasteiger partial charge in [0.15, 0.2) is 5.82 Å². The summed E-state index contributed by atoms with van der Waals surface area (Å²) in [6.07, 6.45) is 13.1.